The molecule has 7 atom stereocenters. The highest BCUT2D eigenvalue weighted by Crippen LogP contribution is 2.72. The normalized spacial score (nSPS) is 35.6. The maximum absolute atomic E-state index is 13.3. The molecule has 0 N–H and O–H groups in total. The molecule has 3 aliphatic carbocycles. The van der Waals surface area contributed by atoms with Gasteiger partial charge in [-0.05, 0) is 78.2 Å². The van der Waals surface area contributed by atoms with E-state index in [1.807, 2.05) is 20.8 Å². The summed E-state index contributed by atoms with van der Waals surface area (Å²) >= 11 is 0. The minimum absolute atomic E-state index is 0.00255. The first-order chi connectivity index (χ1) is 17.3. The van der Waals surface area contributed by atoms with Crippen molar-refractivity contribution >= 4 is 23.7 Å². The summed E-state index contributed by atoms with van der Waals surface area (Å²) < 4.78 is 17.9. The third-order valence-corrected chi connectivity index (χ3v) is 8.97. The zero-order chi connectivity index (χ0) is 27.9. The number of carbonyl (C=O) groups is 4. The number of hydrogen-bond acceptors (Lipinski definition) is 7. The zero-order valence-electron chi connectivity index (χ0n) is 23.5. The fourth-order valence-corrected chi connectivity index (χ4v) is 6.59. The number of ether oxygens (including phenoxy) is 3. The topological polar surface area (TPSA) is 96.0 Å². The molecule has 0 aromatic heterocycles. The first kappa shape index (κ1) is 28.6. The fraction of sp³-hybridized carbons (Fsp3) is 0.600. The van der Waals surface area contributed by atoms with Crippen LogP contribution in [0.4, 0.5) is 0 Å². The third kappa shape index (κ3) is 4.73. The van der Waals surface area contributed by atoms with Crippen LogP contribution in [0, 0.1) is 28.6 Å². The van der Waals surface area contributed by atoms with E-state index in [1.165, 1.54) is 0 Å². The minimum atomic E-state index is -0.987. The molecular formula is C30H40O7. The van der Waals surface area contributed by atoms with Gasteiger partial charge in [0.2, 0.25) is 0 Å². The van der Waals surface area contributed by atoms with Crippen LogP contribution in [-0.2, 0) is 33.4 Å². The van der Waals surface area contributed by atoms with Crippen LogP contribution in [-0.4, -0.2) is 42.5 Å². The van der Waals surface area contributed by atoms with Gasteiger partial charge < -0.3 is 14.2 Å². The van der Waals surface area contributed by atoms with Crippen LogP contribution in [0.1, 0.15) is 68.7 Å². The molecule has 3 aliphatic rings. The van der Waals surface area contributed by atoms with Gasteiger partial charge in [-0.2, -0.15) is 0 Å². The number of esters is 3. The molecule has 7 heteroatoms. The van der Waals surface area contributed by atoms with Gasteiger partial charge in [0.25, 0.3) is 0 Å². The number of ketones is 1. The van der Waals surface area contributed by atoms with Gasteiger partial charge in [-0.3, -0.25) is 4.79 Å². The number of carbonyl (C=O) groups excluding carboxylic acids is 4. The summed E-state index contributed by atoms with van der Waals surface area (Å²) in [6, 6.07) is 0. The average Bonchev–Trinajstić information content (AvgIpc) is 2.98. The van der Waals surface area contributed by atoms with Crippen molar-refractivity contribution in [2.75, 3.05) is 6.61 Å². The lowest BCUT2D eigenvalue weighted by molar-refractivity contribution is -0.197. The highest BCUT2D eigenvalue weighted by Gasteiger charge is 2.74. The molecule has 0 spiro atoms. The molecule has 0 aliphatic heterocycles. The predicted octanol–water partition coefficient (Wildman–Crippen LogP) is 5.06. The molecule has 2 saturated carbocycles. The van der Waals surface area contributed by atoms with Gasteiger partial charge in [-0.1, -0.05) is 37.6 Å². The summed E-state index contributed by atoms with van der Waals surface area (Å²) in [6.07, 6.45) is 5.28. The largest absolute Gasteiger partial charge is 0.462 e. The number of hydrogen-bond donors (Lipinski definition) is 0. The zero-order valence-corrected chi connectivity index (χ0v) is 23.5. The monoisotopic (exact) mass is 512 g/mol. The molecule has 2 fully saturated rings. The first-order valence-corrected chi connectivity index (χ1v) is 13.0. The van der Waals surface area contributed by atoms with Crippen molar-refractivity contribution in [3.05, 3.63) is 46.6 Å². The van der Waals surface area contributed by atoms with Gasteiger partial charge in [0, 0.05) is 28.1 Å². The third-order valence-electron chi connectivity index (χ3n) is 8.97. The summed E-state index contributed by atoms with van der Waals surface area (Å²) in [6.45, 7) is 16.0. The second kappa shape index (κ2) is 10.4. The van der Waals surface area contributed by atoms with Crippen molar-refractivity contribution in [1.29, 1.82) is 0 Å². The fourth-order valence-electron chi connectivity index (χ4n) is 6.59. The van der Waals surface area contributed by atoms with Gasteiger partial charge in [-0.15, -0.1) is 0 Å². The van der Waals surface area contributed by atoms with E-state index in [2.05, 4.69) is 0 Å². The van der Waals surface area contributed by atoms with Crippen LogP contribution in [0.15, 0.2) is 46.6 Å². The Labute approximate surface area is 220 Å². The Morgan fingerprint density at radius 2 is 1.41 bits per heavy atom. The van der Waals surface area contributed by atoms with E-state index >= 15 is 0 Å². The number of fused-ring (bicyclic) bond motifs is 1. The van der Waals surface area contributed by atoms with E-state index in [0.717, 1.165) is 5.57 Å². The molecule has 37 heavy (non-hydrogen) atoms. The van der Waals surface area contributed by atoms with Crippen LogP contribution in [0.3, 0.4) is 0 Å². The average molecular weight is 513 g/mol. The van der Waals surface area contributed by atoms with Gasteiger partial charge in [-0.25, -0.2) is 14.4 Å². The number of rotatable bonds is 7. The highest BCUT2D eigenvalue weighted by molar-refractivity contribution is 5.97. The predicted molar refractivity (Wildman–Crippen MR) is 139 cm³/mol. The summed E-state index contributed by atoms with van der Waals surface area (Å²) in [5, 5.41) is 0. The molecule has 202 valence electrons. The van der Waals surface area contributed by atoms with E-state index in [4.69, 9.17) is 14.2 Å². The van der Waals surface area contributed by atoms with Crippen molar-refractivity contribution in [3.63, 3.8) is 0 Å². The Balaban J connectivity index is 2.17. The number of allylic oxidation sites excluding steroid dienone is 5. The van der Waals surface area contributed by atoms with E-state index in [0.29, 0.717) is 23.1 Å². The Morgan fingerprint density at radius 1 is 0.892 bits per heavy atom. The van der Waals surface area contributed by atoms with Gasteiger partial charge in [0.05, 0.1) is 0 Å². The first-order valence-electron chi connectivity index (χ1n) is 13.0. The Kier molecular flexibility index (Phi) is 8.06. The maximum atomic E-state index is 13.3. The molecule has 0 aromatic carbocycles. The summed E-state index contributed by atoms with van der Waals surface area (Å²) in [7, 11) is 0. The molecule has 0 heterocycles. The lowest BCUT2D eigenvalue weighted by atomic mass is 9.38. The Morgan fingerprint density at radius 3 is 1.92 bits per heavy atom. The molecule has 4 bridgehead atoms. The minimum Gasteiger partial charge on any atom is -0.462 e. The smallest absolute Gasteiger partial charge is 0.333 e. The molecule has 0 aromatic rings. The summed E-state index contributed by atoms with van der Waals surface area (Å²) in [5.74, 6) is -2.12. The Bertz CT molecular complexity index is 1120. The highest BCUT2D eigenvalue weighted by atomic mass is 16.6. The van der Waals surface area contributed by atoms with Crippen LogP contribution in [0.2, 0.25) is 0 Å². The quantitative estimate of drug-likeness (QED) is 0.267. The molecular weight excluding hydrogens is 472 g/mol. The Hall–Kier alpha value is -2.96. The van der Waals surface area contributed by atoms with Crippen molar-refractivity contribution in [2.45, 2.75) is 80.9 Å². The van der Waals surface area contributed by atoms with E-state index in [9.17, 15) is 19.2 Å². The van der Waals surface area contributed by atoms with Crippen molar-refractivity contribution in [3.8, 4) is 0 Å². The van der Waals surface area contributed by atoms with Gasteiger partial charge >= 0.3 is 17.9 Å². The molecule has 3 rings (SSSR count). The second-order valence-electron chi connectivity index (χ2n) is 11.2. The van der Waals surface area contributed by atoms with Crippen LogP contribution < -0.4 is 0 Å². The lowest BCUT2D eigenvalue weighted by Crippen LogP contribution is -2.66. The van der Waals surface area contributed by atoms with Crippen molar-refractivity contribution in [1.82, 2.24) is 0 Å². The lowest BCUT2D eigenvalue weighted by Gasteiger charge is -2.65. The van der Waals surface area contributed by atoms with Crippen LogP contribution in [0.25, 0.3) is 0 Å². The maximum Gasteiger partial charge on any atom is 0.333 e. The molecule has 7 unspecified atom stereocenters. The van der Waals surface area contributed by atoms with Crippen LogP contribution in [0.5, 0.6) is 0 Å². The van der Waals surface area contributed by atoms with Gasteiger partial charge in [0.1, 0.15) is 18.8 Å². The SMILES string of the molecule is CC=C(C)C(=O)OCC1(C)C(OC(=O)C(C)=CC)C(OC(=O)C(C)=CC)CC2(C)C3C(=O)C=C(C)C2C31. The molecule has 0 amide bonds. The van der Waals surface area contributed by atoms with E-state index in [-0.39, 0.29) is 30.1 Å². The van der Waals surface area contributed by atoms with Gasteiger partial charge in [0.15, 0.2) is 5.78 Å². The van der Waals surface area contributed by atoms with Crippen LogP contribution >= 0.6 is 0 Å². The molecule has 7 nitrogen and oxygen atoms in total. The molecule has 0 radical (unpaired) electrons. The standard InChI is InChI=1S/C30H40O7/c1-10-16(4)26(32)35-15-30(9)24-22-19(7)13-20(31)23(24)29(22,8)14-21(36-27(33)17(5)11-2)25(30)37-28(34)18(6)12-3/h10-13,21-25H,14-15H2,1-9H3. The van der Waals surface area contributed by atoms with E-state index in [1.54, 1.807) is 65.8 Å². The molecule has 0 saturated heterocycles. The summed E-state index contributed by atoms with van der Waals surface area (Å²) in [5.41, 5.74) is 0.783. The second-order valence-corrected chi connectivity index (χ2v) is 11.2. The van der Waals surface area contributed by atoms with E-state index < -0.39 is 40.9 Å². The summed E-state index contributed by atoms with van der Waals surface area (Å²) in [4.78, 5) is 52.1. The van der Waals surface area contributed by atoms with Crippen molar-refractivity contribution < 1.29 is 33.4 Å². The van der Waals surface area contributed by atoms with Crippen molar-refractivity contribution in [2.24, 2.45) is 28.6 Å².